The third-order valence-corrected chi connectivity index (χ3v) is 14.8. The van der Waals surface area contributed by atoms with Crippen LogP contribution in [0.2, 0.25) is 0 Å². The Labute approximate surface area is 301 Å². The normalized spacial score (nSPS) is 13.8. The summed E-state index contributed by atoms with van der Waals surface area (Å²) in [5.74, 6) is 0. The molecule has 9 aromatic carbocycles. The van der Waals surface area contributed by atoms with Crippen molar-refractivity contribution in [3.8, 4) is 11.1 Å². The van der Waals surface area contributed by atoms with Crippen LogP contribution in [0, 0.1) is 0 Å². The summed E-state index contributed by atoms with van der Waals surface area (Å²) in [5.41, 5.74) is 6.30. The minimum absolute atomic E-state index is 0.317. The molecule has 1 aliphatic carbocycles. The lowest BCUT2D eigenvalue weighted by molar-refractivity contribution is 0.592. The van der Waals surface area contributed by atoms with Crippen LogP contribution < -0.4 is 15.9 Å². The molecular weight excluding hydrogens is 652 g/mol. The molecule has 3 heteroatoms. The zero-order chi connectivity index (χ0) is 34.8. The van der Waals surface area contributed by atoms with Gasteiger partial charge in [0.1, 0.15) is 11.2 Å². The third kappa shape index (κ3) is 3.93. The Bertz CT molecular complexity index is 3130. The molecule has 1 heterocycles. The Balaban J connectivity index is 1.15. The first-order valence-corrected chi connectivity index (χ1v) is 19.7. The number of rotatable bonds is 3. The van der Waals surface area contributed by atoms with Crippen LogP contribution in [0.1, 0.15) is 25.0 Å². The van der Waals surface area contributed by atoms with Gasteiger partial charge in [-0.15, -0.1) is 0 Å². The van der Waals surface area contributed by atoms with Gasteiger partial charge in [0.05, 0.1) is 0 Å². The molecule has 2 nitrogen and oxygen atoms in total. The minimum Gasteiger partial charge on any atom is -0.456 e. The number of fused-ring (bicyclic) bond motifs is 14. The maximum Gasteiger partial charge on any atom is 0.171 e. The quantitative estimate of drug-likeness (QED) is 0.137. The van der Waals surface area contributed by atoms with E-state index in [2.05, 4.69) is 117 Å². The van der Waals surface area contributed by atoms with E-state index in [4.69, 9.17) is 4.42 Å². The zero-order valence-electron chi connectivity index (χ0n) is 28.9. The second kappa shape index (κ2) is 10.5. The van der Waals surface area contributed by atoms with Crippen LogP contribution in [0.4, 0.5) is 0 Å². The molecule has 0 saturated heterocycles. The van der Waals surface area contributed by atoms with Crippen molar-refractivity contribution in [2.24, 2.45) is 0 Å². The molecule has 0 fully saturated rings. The highest BCUT2D eigenvalue weighted by atomic mass is 31.2. The maximum absolute atomic E-state index is 15.3. The molecule has 1 aromatic heterocycles. The summed E-state index contributed by atoms with van der Waals surface area (Å²) >= 11 is 0. The molecule has 0 N–H and O–H groups in total. The lowest BCUT2D eigenvalue weighted by atomic mass is 9.82. The Morgan fingerprint density at radius 1 is 0.423 bits per heavy atom. The monoisotopic (exact) mass is 684 g/mol. The van der Waals surface area contributed by atoms with Crippen LogP contribution >= 0.6 is 7.14 Å². The van der Waals surface area contributed by atoms with E-state index in [9.17, 15) is 0 Å². The van der Waals surface area contributed by atoms with Crippen molar-refractivity contribution < 1.29 is 8.98 Å². The van der Waals surface area contributed by atoms with Gasteiger partial charge in [0.15, 0.2) is 7.14 Å². The van der Waals surface area contributed by atoms with Gasteiger partial charge >= 0.3 is 0 Å². The fraction of sp³-hybridized carbons (Fsp3) is 0.0612. The zero-order valence-corrected chi connectivity index (χ0v) is 29.7. The molecule has 0 spiro atoms. The van der Waals surface area contributed by atoms with Crippen LogP contribution in [-0.2, 0) is 9.98 Å². The summed E-state index contributed by atoms with van der Waals surface area (Å²) in [6, 6.07) is 57.6. The highest BCUT2D eigenvalue weighted by Crippen LogP contribution is 2.53. The molecule has 0 saturated carbocycles. The van der Waals surface area contributed by atoms with Crippen molar-refractivity contribution >= 4 is 88.1 Å². The van der Waals surface area contributed by atoms with Gasteiger partial charge in [0, 0.05) is 32.1 Å². The molecule has 1 aliphatic rings. The van der Waals surface area contributed by atoms with E-state index >= 15 is 4.57 Å². The molecule has 0 radical (unpaired) electrons. The molecule has 10 aromatic rings. The van der Waals surface area contributed by atoms with Crippen molar-refractivity contribution in [3.63, 3.8) is 0 Å². The molecule has 0 amide bonds. The van der Waals surface area contributed by atoms with Crippen molar-refractivity contribution in [2.75, 3.05) is 0 Å². The molecule has 0 atom stereocenters. The number of furan rings is 1. The predicted molar refractivity (Wildman–Crippen MR) is 221 cm³/mol. The molecule has 246 valence electrons. The molecular formula is C49H33O2P. The first-order valence-electron chi connectivity index (χ1n) is 17.9. The smallest absolute Gasteiger partial charge is 0.171 e. The van der Waals surface area contributed by atoms with E-state index in [-0.39, 0.29) is 5.41 Å². The van der Waals surface area contributed by atoms with Gasteiger partial charge in [-0.3, -0.25) is 0 Å². The van der Waals surface area contributed by atoms with Gasteiger partial charge in [0.2, 0.25) is 0 Å². The Morgan fingerprint density at radius 2 is 1.02 bits per heavy atom. The van der Waals surface area contributed by atoms with E-state index in [1.807, 2.05) is 60.7 Å². The Morgan fingerprint density at radius 3 is 1.75 bits per heavy atom. The highest BCUT2D eigenvalue weighted by molar-refractivity contribution is 7.85. The second-order valence-electron chi connectivity index (χ2n) is 14.8. The minimum atomic E-state index is -3.12. The van der Waals surface area contributed by atoms with E-state index in [0.29, 0.717) is 0 Å². The largest absolute Gasteiger partial charge is 0.456 e. The maximum atomic E-state index is 15.3. The van der Waals surface area contributed by atoms with Gasteiger partial charge in [-0.25, -0.2) is 0 Å². The standard InChI is InChI=1S/C49H33O2P/c1-49(2)44-25-33(52(50,31-14-5-3-6-15-31)32-16-7-4-8-17-32)22-24-37(44)40-27-42-41-26-39-36-20-12-11-19-35(36)38-23-21-30-13-9-10-18-34(30)48(38)43(39)28-46(41)51-47(42)29-45(40)49/h3-29H,1-2H3. The summed E-state index contributed by atoms with van der Waals surface area (Å²) in [5, 5.41) is 14.8. The first-order chi connectivity index (χ1) is 25.4. The molecule has 11 rings (SSSR count). The molecule has 0 bridgehead atoms. The van der Waals surface area contributed by atoms with Crippen molar-refractivity contribution in [2.45, 2.75) is 19.3 Å². The van der Waals surface area contributed by atoms with Crippen molar-refractivity contribution in [1.29, 1.82) is 0 Å². The molecule has 0 unspecified atom stereocenters. The van der Waals surface area contributed by atoms with Gasteiger partial charge < -0.3 is 8.98 Å². The summed E-state index contributed by atoms with van der Waals surface area (Å²) in [7, 11) is -3.12. The van der Waals surface area contributed by atoms with Gasteiger partial charge in [-0.05, 0) is 95.7 Å². The summed E-state index contributed by atoms with van der Waals surface area (Å²) in [6.45, 7) is 4.56. The van der Waals surface area contributed by atoms with E-state index in [1.54, 1.807) is 0 Å². The Kier molecular flexibility index (Phi) is 6.03. The fourth-order valence-electron chi connectivity index (χ4n) is 9.12. The lowest BCUT2D eigenvalue weighted by Gasteiger charge is -2.24. The average Bonchev–Trinajstić information content (AvgIpc) is 3.66. The van der Waals surface area contributed by atoms with Crippen LogP contribution in [0.5, 0.6) is 0 Å². The van der Waals surface area contributed by atoms with E-state index in [1.165, 1.54) is 65.3 Å². The number of hydrogen-bond donors (Lipinski definition) is 0. The van der Waals surface area contributed by atoms with Crippen LogP contribution in [0.25, 0.3) is 76.2 Å². The van der Waals surface area contributed by atoms with Gasteiger partial charge in [-0.2, -0.15) is 0 Å². The summed E-state index contributed by atoms with van der Waals surface area (Å²) in [6.07, 6.45) is 0. The Hall–Kier alpha value is -5.95. The highest BCUT2D eigenvalue weighted by Gasteiger charge is 2.39. The van der Waals surface area contributed by atoms with E-state index < -0.39 is 7.14 Å². The van der Waals surface area contributed by atoms with Crippen molar-refractivity contribution in [1.82, 2.24) is 0 Å². The van der Waals surface area contributed by atoms with Crippen LogP contribution in [0.3, 0.4) is 0 Å². The predicted octanol–water partition coefficient (Wildman–Crippen LogP) is 12.1. The van der Waals surface area contributed by atoms with Crippen LogP contribution in [0.15, 0.2) is 168 Å². The van der Waals surface area contributed by atoms with Crippen molar-refractivity contribution in [3.05, 3.63) is 175 Å². The summed E-state index contributed by atoms with van der Waals surface area (Å²) in [4.78, 5) is 0. The molecule has 0 aliphatic heterocycles. The fourth-order valence-corrected chi connectivity index (χ4v) is 11.8. The van der Waals surface area contributed by atoms with E-state index in [0.717, 1.165) is 37.9 Å². The topological polar surface area (TPSA) is 30.2 Å². The number of benzene rings is 9. The van der Waals surface area contributed by atoms with Crippen LogP contribution in [-0.4, -0.2) is 0 Å². The SMILES string of the molecule is CC1(C)c2cc(P(=O)(c3ccccc3)c3ccccc3)ccc2-c2cc3c(cc21)oc1cc2c(cc13)c1ccccc1c1ccc3ccccc3c12. The lowest BCUT2D eigenvalue weighted by Crippen LogP contribution is -2.26. The third-order valence-electron chi connectivity index (χ3n) is 11.7. The molecule has 52 heavy (non-hydrogen) atoms. The van der Waals surface area contributed by atoms with Gasteiger partial charge in [0.25, 0.3) is 0 Å². The summed E-state index contributed by atoms with van der Waals surface area (Å²) < 4.78 is 22.1. The average molecular weight is 685 g/mol. The second-order valence-corrected chi connectivity index (χ2v) is 17.5. The number of hydrogen-bond acceptors (Lipinski definition) is 2. The van der Waals surface area contributed by atoms with Gasteiger partial charge in [-0.1, -0.05) is 147 Å². The first kappa shape index (κ1) is 29.7.